The molecule has 20 heavy (non-hydrogen) atoms. The topological polar surface area (TPSA) is 106 Å². The second-order valence-corrected chi connectivity index (χ2v) is 6.10. The number of aliphatic hydroxyl groups is 2. The van der Waals surface area contributed by atoms with Crippen LogP contribution in [0.5, 0.6) is 0 Å². The van der Waals surface area contributed by atoms with Crippen LogP contribution in [0.1, 0.15) is 13.2 Å². The molecule has 7 nitrogen and oxygen atoms in total. The molecule has 0 aromatic carbocycles. The van der Waals surface area contributed by atoms with Crippen LogP contribution in [0.2, 0.25) is 0 Å². The van der Waals surface area contributed by atoms with Crippen molar-refractivity contribution in [3.05, 3.63) is 16.1 Å². The van der Waals surface area contributed by atoms with E-state index >= 15 is 0 Å². The summed E-state index contributed by atoms with van der Waals surface area (Å²) in [7, 11) is 0. The van der Waals surface area contributed by atoms with Crippen molar-refractivity contribution in [1.82, 2.24) is 14.5 Å². The zero-order chi connectivity index (χ0) is 14.4. The lowest BCUT2D eigenvalue weighted by Gasteiger charge is -2.18. The van der Waals surface area contributed by atoms with Crippen molar-refractivity contribution in [2.45, 2.75) is 25.4 Å². The van der Waals surface area contributed by atoms with Crippen LogP contribution in [-0.4, -0.2) is 43.6 Å². The van der Waals surface area contributed by atoms with E-state index in [1.807, 2.05) is 17.7 Å². The van der Waals surface area contributed by atoms with E-state index in [1.165, 1.54) is 6.33 Å². The quantitative estimate of drug-likeness (QED) is 0.646. The molecule has 0 saturated carbocycles. The van der Waals surface area contributed by atoms with Gasteiger partial charge in [-0.3, -0.25) is 0 Å². The van der Waals surface area contributed by atoms with Crippen LogP contribution < -0.4 is 5.73 Å². The van der Waals surface area contributed by atoms with Gasteiger partial charge in [0.2, 0.25) is 0 Å². The van der Waals surface area contributed by atoms with Crippen LogP contribution in [-0.2, 0) is 4.74 Å². The van der Waals surface area contributed by atoms with Crippen LogP contribution in [0, 0.1) is 9.49 Å². The molecule has 4 atom stereocenters. The lowest BCUT2D eigenvalue weighted by atomic mass is 10.0. The van der Waals surface area contributed by atoms with Crippen LogP contribution >= 0.6 is 22.6 Å². The molecular formula is C12H15IN4O3. The zero-order valence-corrected chi connectivity index (χ0v) is 12.9. The molecule has 1 fully saturated rings. The molecule has 1 saturated heterocycles. The van der Waals surface area contributed by atoms with Gasteiger partial charge < -0.3 is 25.3 Å². The van der Waals surface area contributed by atoms with Gasteiger partial charge in [-0.25, -0.2) is 9.97 Å². The molecule has 0 radical (unpaired) electrons. The maximum absolute atomic E-state index is 10.1. The molecule has 1 aliphatic heterocycles. The molecule has 3 rings (SSSR count). The first-order valence-electron chi connectivity index (χ1n) is 6.25. The van der Waals surface area contributed by atoms with Crippen LogP contribution in [0.3, 0.4) is 0 Å². The Bertz CT molecular complexity index is 647. The summed E-state index contributed by atoms with van der Waals surface area (Å²) in [5.74, 6) is 0.262. The third kappa shape index (κ3) is 1.98. The number of ether oxygens (including phenoxy) is 1. The van der Waals surface area contributed by atoms with E-state index in [1.54, 1.807) is 0 Å². The summed E-state index contributed by atoms with van der Waals surface area (Å²) in [6.07, 6.45) is 1.61. The number of nitrogen functional groups attached to an aromatic ring is 1. The summed E-state index contributed by atoms with van der Waals surface area (Å²) in [6, 6.07) is 0. The molecule has 0 bridgehead atoms. The minimum atomic E-state index is -0.709. The number of aromatic nitrogens is 3. The number of hydrogen-bond donors (Lipinski definition) is 3. The van der Waals surface area contributed by atoms with Crippen LogP contribution in [0.4, 0.5) is 5.82 Å². The molecule has 1 aliphatic rings. The fraction of sp³-hybridized carbons (Fsp3) is 0.500. The Morgan fingerprint density at radius 1 is 1.50 bits per heavy atom. The van der Waals surface area contributed by atoms with E-state index in [9.17, 15) is 10.2 Å². The maximum atomic E-state index is 10.1. The fourth-order valence-corrected chi connectivity index (χ4v) is 3.43. The fourth-order valence-electron chi connectivity index (χ4n) is 2.62. The van der Waals surface area contributed by atoms with Gasteiger partial charge in [-0.1, -0.05) is 6.92 Å². The van der Waals surface area contributed by atoms with Crippen molar-refractivity contribution in [1.29, 1.82) is 0 Å². The van der Waals surface area contributed by atoms with Crippen LogP contribution in [0.15, 0.2) is 12.5 Å². The summed E-state index contributed by atoms with van der Waals surface area (Å²) >= 11 is 2.17. The molecule has 4 N–H and O–H groups in total. The molecule has 0 spiro atoms. The molecule has 2 aromatic rings. The average molecular weight is 390 g/mol. The molecule has 8 heteroatoms. The van der Waals surface area contributed by atoms with Crippen molar-refractivity contribution in [3.8, 4) is 0 Å². The second kappa shape index (κ2) is 5.10. The number of fused-ring (bicyclic) bond motifs is 1. The standard InChI is InChI=1S/C12H15IN4O3/c1-5-9(19)7(3-18)20-12(5)17-2-6(13)8-10(14)15-4-16-11(8)17/h2,4-5,7,9,12,18-19H,3H2,1H3,(H2,14,15,16). The van der Waals surface area contributed by atoms with E-state index in [0.29, 0.717) is 11.5 Å². The summed E-state index contributed by atoms with van der Waals surface area (Å²) < 4.78 is 8.51. The number of anilines is 1. The molecule has 0 aliphatic carbocycles. The Morgan fingerprint density at radius 2 is 2.25 bits per heavy atom. The Labute approximate surface area is 128 Å². The van der Waals surface area contributed by atoms with Gasteiger partial charge in [0.15, 0.2) is 0 Å². The Hall–Kier alpha value is -0.970. The second-order valence-electron chi connectivity index (χ2n) is 4.94. The summed E-state index contributed by atoms with van der Waals surface area (Å²) in [4.78, 5) is 8.25. The highest BCUT2D eigenvalue weighted by Crippen LogP contribution is 2.38. The van der Waals surface area contributed by atoms with Crippen molar-refractivity contribution in [2.75, 3.05) is 12.3 Å². The van der Waals surface area contributed by atoms with Crippen molar-refractivity contribution >= 4 is 39.4 Å². The minimum Gasteiger partial charge on any atom is -0.394 e. The summed E-state index contributed by atoms with van der Waals surface area (Å²) in [5.41, 5.74) is 6.56. The maximum Gasteiger partial charge on any atom is 0.148 e. The first-order chi connectivity index (χ1) is 9.54. The molecular weight excluding hydrogens is 375 g/mol. The minimum absolute atomic E-state index is 0.158. The monoisotopic (exact) mass is 390 g/mol. The third-order valence-corrected chi connectivity index (χ3v) is 4.55. The zero-order valence-electron chi connectivity index (χ0n) is 10.8. The lowest BCUT2D eigenvalue weighted by molar-refractivity contribution is -0.0445. The van der Waals surface area contributed by atoms with E-state index < -0.39 is 12.2 Å². The predicted molar refractivity (Wildman–Crippen MR) is 80.8 cm³/mol. The van der Waals surface area contributed by atoms with Crippen molar-refractivity contribution < 1.29 is 14.9 Å². The molecule has 4 unspecified atom stereocenters. The van der Waals surface area contributed by atoms with E-state index in [0.717, 1.165) is 8.96 Å². The Balaban J connectivity index is 2.10. The number of halogens is 1. The van der Waals surface area contributed by atoms with E-state index in [4.69, 9.17) is 10.5 Å². The summed E-state index contributed by atoms with van der Waals surface area (Å²) in [6.45, 7) is 1.67. The van der Waals surface area contributed by atoms with Crippen molar-refractivity contribution in [3.63, 3.8) is 0 Å². The van der Waals surface area contributed by atoms with Gasteiger partial charge in [0.05, 0.1) is 18.1 Å². The Morgan fingerprint density at radius 3 is 2.90 bits per heavy atom. The predicted octanol–water partition coefficient (Wildman–Crippen LogP) is 0.505. The highest BCUT2D eigenvalue weighted by atomic mass is 127. The SMILES string of the molecule is CC1C(O)C(CO)OC1n1cc(I)c2c(N)ncnc21. The number of rotatable bonds is 2. The number of nitrogens with zero attached hydrogens (tertiary/aromatic N) is 3. The van der Waals surface area contributed by atoms with Gasteiger partial charge in [0, 0.05) is 15.7 Å². The molecule has 108 valence electrons. The van der Waals surface area contributed by atoms with Crippen LogP contribution in [0.25, 0.3) is 11.0 Å². The number of hydrogen-bond acceptors (Lipinski definition) is 6. The van der Waals surface area contributed by atoms with E-state index in [2.05, 4.69) is 32.6 Å². The number of nitrogens with two attached hydrogens (primary N) is 1. The van der Waals surface area contributed by atoms with Gasteiger partial charge >= 0.3 is 0 Å². The first-order valence-corrected chi connectivity index (χ1v) is 7.33. The van der Waals surface area contributed by atoms with Gasteiger partial charge in [0.1, 0.15) is 30.1 Å². The smallest absolute Gasteiger partial charge is 0.148 e. The van der Waals surface area contributed by atoms with Gasteiger partial charge in [-0.15, -0.1) is 0 Å². The van der Waals surface area contributed by atoms with Gasteiger partial charge in [-0.05, 0) is 22.6 Å². The highest BCUT2D eigenvalue weighted by Gasteiger charge is 2.42. The molecule has 0 amide bonds. The van der Waals surface area contributed by atoms with Crippen molar-refractivity contribution in [2.24, 2.45) is 5.92 Å². The lowest BCUT2D eigenvalue weighted by Crippen LogP contribution is -2.28. The highest BCUT2D eigenvalue weighted by molar-refractivity contribution is 14.1. The summed E-state index contributed by atoms with van der Waals surface area (Å²) in [5, 5.41) is 20.1. The van der Waals surface area contributed by atoms with Gasteiger partial charge in [-0.2, -0.15) is 0 Å². The number of aliphatic hydroxyl groups excluding tert-OH is 2. The average Bonchev–Trinajstić information content (AvgIpc) is 2.90. The third-order valence-electron chi connectivity index (χ3n) is 3.73. The molecule has 3 heterocycles. The van der Waals surface area contributed by atoms with E-state index in [-0.39, 0.29) is 18.8 Å². The first kappa shape index (κ1) is 14.0. The normalized spacial score (nSPS) is 30.2. The van der Waals surface area contributed by atoms with Gasteiger partial charge in [0.25, 0.3) is 0 Å². The molecule has 2 aromatic heterocycles. The Kier molecular flexibility index (Phi) is 3.56. The largest absolute Gasteiger partial charge is 0.394 e.